The highest BCUT2D eigenvalue weighted by Gasteiger charge is 2.19. The normalized spacial score (nSPS) is 10.7. The average Bonchev–Trinajstić information content (AvgIpc) is 2.82. The van der Waals surface area contributed by atoms with Crippen molar-refractivity contribution in [1.29, 1.82) is 0 Å². The Kier molecular flexibility index (Phi) is 5.18. The van der Waals surface area contributed by atoms with Crippen LogP contribution in [0.25, 0.3) is 5.65 Å². The zero-order valence-corrected chi connectivity index (χ0v) is 14.5. The Morgan fingerprint density at radius 3 is 2.64 bits per heavy atom. The van der Waals surface area contributed by atoms with Crippen LogP contribution in [0.15, 0.2) is 16.7 Å². The monoisotopic (exact) mass is 366 g/mol. The summed E-state index contributed by atoms with van der Waals surface area (Å²) in [6, 6.07) is 1.97. The van der Waals surface area contributed by atoms with Gasteiger partial charge in [-0.2, -0.15) is 0 Å². The van der Waals surface area contributed by atoms with Crippen molar-refractivity contribution in [3.63, 3.8) is 0 Å². The molecule has 2 aromatic rings. The van der Waals surface area contributed by atoms with Crippen LogP contribution in [0.2, 0.25) is 0 Å². The molecule has 6 nitrogen and oxygen atoms in total. The molecule has 0 aromatic carbocycles. The summed E-state index contributed by atoms with van der Waals surface area (Å²) in [6.07, 6.45) is 2.57. The number of amides is 2. The zero-order valence-electron chi connectivity index (χ0n) is 12.9. The third kappa shape index (κ3) is 3.47. The number of pyridine rings is 1. The first-order chi connectivity index (χ1) is 10.4. The molecule has 0 bridgehead atoms. The van der Waals surface area contributed by atoms with Crippen LogP contribution < -0.4 is 10.6 Å². The molecule has 22 heavy (non-hydrogen) atoms. The third-order valence-electron chi connectivity index (χ3n) is 3.22. The largest absolute Gasteiger partial charge is 0.355 e. The van der Waals surface area contributed by atoms with Crippen LogP contribution >= 0.6 is 15.9 Å². The van der Waals surface area contributed by atoms with Gasteiger partial charge in [0.15, 0.2) is 5.65 Å². The van der Waals surface area contributed by atoms with Gasteiger partial charge in [0.05, 0.1) is 10.2 Å². The molecule has 118 valence electrons. The molecule has 0 aliphatic carbocycles. The molecule has 0 atom stereocenters. The molecule has 2 amide bonds. The second kappa shape index (κ2) is 6.91. The van der Waals surface area contributed by atoms with Crippen LogP contribution in [0.3, 0.4) is 0 Å². The lowest BCUT2D eigenvalue weighted by atomic mass is 10.2. The smallest absolute Gasteiger partial charge is 0.270 e. The molecule has 2 N–H and O–H groups in total. The topological polar surface area (TPSA) is 75.5 Å². The number of aryl methyl sites for hydroxylation is 2. The molecule has 0 spiro atoms. The van der Waals surface area contributed by atoms with Gasteiger partial charge in [0, 0.05) is 26.2 Å². The lowest BCUT2D eigenvalue weighted by molar-refractivity contribution is -0.118. The van der Waals surface area contributed by atoms with E-state index in [1.165, 1.54) is 6.92 Å². The number of aromatic nitrogens is 2. The van der Waals surface area contributed by atoms with Crippen LogP contribution in [0.4, 0.5) is 0 Å². The lowest BCUT2D eigenvalue weighted by Crippen LogP contribution is -2.34. The van der Waals surface area contributed by atoms with E-state index in [2.05, 4.69) is 31.5 Å². The summed E-state index contributed by atoms with van der Waals surface area (Å²) in [7, 11) is 0. The molecule has 2 rings (SSSR count). The maximum Gasteiger partial charge on any atom is 0.270 e. The fraction of sp³-hybridized carbons (Fsp3) is 0.400. The summed E-state index contributed by atoms with van der Waals surface area (Å²) in [4.78, 5) is 27.8. The van der Waals surface area contributed by atoms with E-state index in [0.717, 1.165) is 21.4 Å². The van der Waals surface area contributed by atoms with Gasteiger partial charge in [-0.3, -0.25) is 14.0 Å². The predicted molar refractivity (Wildman–Crippen MR) is 88.0 cm³/mol. The van der Waals surface area contributed by atoms with E-state index in [9.17, 15) is 9.59 Å². The lowest BCUT2D eigenvalue weighted by Gasteiger charge is -2.08. The molecule has 0 saturated heterocycles. The van der Waals surface area contributed by atoms with Crippen molar-refractivity contribution < 1.29 is 9.59 Å². The first-order valence-electron chi connectivity index (χ1n) is 7.13. The summed E-state index contributed by atoms with van der Waals surface area (Å²) in [5.74, 6) is -0.301. The number of hydrogen-bond donors (Lipinski definition) is 2. The molecule has 2 aromatic heterocycles. The van der Waals surface area contributed by atoms with E-state index < -0.39 is 0 Å². The standard InChI is InChI=1S/C15H19BrN4O2/c1-4-12-13(15(22)18-6-5-17-10(3)21)20-8-9(2)7-11(16)14(20)19-12/h7-8H,4-6H2,1-3H3,(H,17,21)(H,18,22). The fourth-order valence-electron chi connectivity index (χ4n) is 2.26. The van der Waals surface area contributed by atoms with E-state index in [1.807, 2.05) is 30.5 Å². The van der Waals surface area contributed by atoms with Gasteiger partial charge in [0.1, 0.15) is 5.69 Å². The number of halogens is 1. The van der Waals surface area contributed by atoms with E-state index >= 15 is 0 Å². The van der Waals surface area contributed by atoms with Gasteiger partial charge in [-0.1, -0.05) is 6.92 Å². The second-order valence-electron chi connectivity index (χ2n) is 5.06. The summed E-state index contributed by atoms with van der Waals surface area (Å²) >= 11 is 3.49. The Morgan fingerprint density at radius 2 is 2.00 bits per heavy atom. The summed E-state index contributed by atoms with van der Waals surface area (Å²) in [6.45, 7) is 6.16. The van der Waals surface area contributed by atoms with Gasteiger partial charge in [-0.15, -0.1) is 0 Å². The van der Waals surface area contributed by atoms with Crippen molar-refractivity contribution in [3.8, 4) is 0 Å². The van der Waals surface area contributed by atoms with Crippen LogP contribution in [-0.4, -0.2) is 34.3 Å². The van der Waals surface area contributed by atoms with Crippen molar-refractivity contribution in [2.24, 2.45) is 0 Å². The molecule has 0 aliphatic heterocycles. The molecule has 7 heteroatoms. The molecule has 0 unspecified atom stereocenters. The summed E-state index contributed by atoms with van der Waals surface area (Å²) in [5, 5.41) is 5.46. The molecular weight excluding hydrogens is 348 g/mol. The number of hydrogen-bond acceptors (Lipinski definition) is 3. The Bertz CT molecular complexity index is 724. The highest BCUT2D eigenvalue weighted by molar-refractivity contribution is 9.10. The van der Waals surface area contributed by atoms with Crippen LogP contribution in [-0.2, 0) is 11.2 Å². The Balaban J connectivity index is 2.29. The molecule has 0 fully saturated rings. The number of carbonyl (C=O) groups excluding carboxylic acids is 2. The highest BCUT2D eigenvalue weighted by Crippen LogP contribution is 2.22. The quantitative estimate of drug-likeness (QED) is 0.792. The number of nitrogens with one attached hydrogen (secondary N) is 2. The van der Waals surface area contributed by atoms with Crippen molar-refractivity contribution in [2.75, 3.05) is 13.1 Å². The van der Waals surface area contributed by atoms with Crippen molar-refractivity contribution >= 4 is 33.4 Å². The number of fused-ring (bicyclic) bond motifs is 1. The van der Waals surface area contributed by atoms with Crippen LogP contribution in [0.1, 0.15) is 35.6 Å². The van der Waals surface area contributed by atoms with Crippen molar-refractivity contribution in [1.82, 2.24) is 20.0 Å². The van der Waals surface area contributed by atoms with Gasteiger partial charge >= 0.3 is 0 Å². The molecule has 0 radical (unpaired) electrons. The number of rotatable bonds is 5. The Morgan fingerprint density at radius 1 is 1.32 bits per heavy atom. The van der Waals surface area contributed by atoms with E-state index in [1.54, 1.807) is 0 Å². The second-order valence-corrected chi connectivity index (χ2v) is 5.91. The zero-order chi connectivity index (χ0) is 16.3. The number of nitrogens with zero attached hydrogens (tertiary/aromatic N) is 2. The van der Waals surface area contributed by atoms with Crippen molar-refractivity contribution in [3.05, 3.63) is 33.7 Å². The van der Waals surface area contributed by atoms with E-state index in [4.69, 9.17) is 0 Å². The number of imidazole rings is 1. The maximum absolute atomic E-state index is 12.5. The minimum Gasteiger partial charge on any atom is -0.355 e. The SMILES string of the molecule is CCc1nc2c(Br)cc(C)cn2c1C(=O)NCCNC(C)=O. The molecule has 2 heterocycles. The molecular formula is C15H19BrN4O2. The van der Waals surface area contributed by atoms with Gasteiger partial charge in [0.2, 0.25) is 5.91 Å². The molecule has 0 aliphatic rings. The fourth-order valence-corrected chi connectivity index (χ4v) is 2.91. The highest BCUT2D eigenvalue weighted by atomic mass is 79.9. The Labute approximate surface area is 137 Å². The van der Waals surface area contributed by atoms with Gasteiger partial charge < -0.3 is 10.6 Å². The first kappa shape index (κ1) is 16.5. The van der Waals surface area contributed by atoms with Gasteiger partial charge in [0.25, 0.3) is 5.91 Å². The van der Waals surface area contributed by atoms with E-state index in [0.29, 0.717) is 25.2 Å². The number of carbonyl (C=O) groups is 2. The maximum atomic E-state index is 12.5. The first-order valence-corrected chi connectivity index (χ1v) is 7.93. The third-order valence-corrected chi connectivity index (χ3v) is 3.80. The van der Waals surface area contributed by atoms with Gasteiger partial charge in [-0.25, -0.2) is 4.98 Å². The minimum absolute atomic E-state index is 0.113. The predicted octanol–water partition coefficient (Wildman–Crippen LogP) is 1.83. The average molecular weight is 367 g/mol. The summed E-state index contributed by atoms with van der Waals surface area (Å²) in [5.41, 5.74) is 3.06. The van der Waals surface area contributed by atoms with E-state index in [-0.39, 0.29) is 11.8 Å². The van der Waals surface area contributed by atoms with Crippen LogP contribution in [0, 0.1) is 6.92 Å². The minimum atomic E-state index is -0.188. The summed E-state index contributed by atoms with van der Waals surface area (Å²) < 4.78 is 2.67. The van der Waals surface area contributed by atoms with Crippen LogP contribution in [0.5, 0.6) is 0 Å². The van der Waals surface area contributed by atoms with Crippen molar-refractivity contribution in [2.45, 2.75) is 27.2 Å². The van der Waals surface area contributed by atoms with Gasteiger partial charge in [-0.05, 0) is 40.9 Å². The molecule has 0 saturated carbocycles. The Hall–Kier alpha value is -1.89.